The maximum atomic E-state index is 12.5. The zero-order valence-corrected chi connectivity index (χ0v) is 15.4. The van der Waals surface area contributed by atoms with Gasteiger partial charge >= 0.3 is 6.03 Å². The average Bonchev–Trinajstić information content (AvgIpc) is 3.29. The van der Waals surface area contributed by atoms with Gasteiger partial charge in [-0.3, -0.25) is 4.79 Å². The highest BCUT2D eigenvalue weighted by Crippen LogP contribution is 2.17. The molecule has 0 aliphatic carbocycles. The van der Waals surface area contributed by atoms with Crippen molar-refractivity contribution in [3.05, 3.63) is 23.8 Å². The smallest absolute Gasteiger partial charge is 0.314 e. The van der Waals surface area contributed by atoms with Crippen LogP contribution in [0.4, 0.5) is 4.79 Å². The molecule has 1 aromatic carbocycles. The maximum absolute atomic E-state index is 12.5. The van der Waals surface area contributed by atoms with Crippen molar-refractivity contribution in [3.63, 3.8) is 0 Å². The van der Waals surface area contributed by atoms with Gasteiger partial charge < -0.3 is 15.5 Å². The lowest BCUT2D eigenvalue weighted by Gasteiger charge is -2.14. The molecule has 3 amide bonds. The molecule has 3 rings (SSSR count). The van der Waals surface area contributed by atoms with Gasteiger partial charge in [0, 0.05) is 31.7 Å². The molecule has 1 aliphatic rings. The van der Waals surface area contributed by atoms with E-state index in [1.807, 2.05) is 30.9 Å². The van der Waals surface area contributed by atoms with E-state index in [4.69, 9.17) is 0 Å². The Bertz CT molecular complexity index is 779. The summed E-state index contributed by atoms with van der Waals surface area (Å²) in [6.07, 6.45) is 2.14. The van der Waals surface area contributed by atoms with Crippen LogP contribution in [0.2, 0.25) is 0 Å². The van der Waals surface area contributed by atoms with Crippen molar-refractivity contribution >= 4 is 23.0 Å². The van der Waals surface area contributed by atoms with E-state index in [2.05, 4.69) is 20.9 Å². The molecule has 2 N–H and O–H groups in total. The number of rotatable bonds is 6. The van der Waals surface area contributed by atoms with Crippen LogP contribution in [-0.2, 0) is 6.54 Å². The third-order valence-corrected chi connectivity index (χ3v) is 4.43. The number of aromatic nitrogens is 3. The Balaban J connectivity index is 1.58. The number of hydrogen-bond acceptors (Lipinski definition) is 4. The first-order valence-electron chi connectivity index (χ1n) is 9.19. The molecule has 1 saturated heterocycles. The third-order valence-electron chi connectivity index (χ3n) is 4.43. The minimum absolute atomic E-state index is 0.0578. The van der Waals surface area contributed by atoms with Gasteiger partial charge in [-0.25, -0.2) is 9.48 Å². The van der Waals surface area contributed by atoms with Crippen LogP contribution in [0.15, 0.2) is 18.2 Å². The quantitative estimate of drug-likeness (QED) is 0.821. The minimum Gasteiger partial charge on any atom is -0.339 e. The molecular formula is C18H26N6O2. The van der Waals surface area contributed by atoms with Crippen molar-refractivity contribution in [3.8, 4) is 0 Å². The number of benzene rings is 1. The van der Waals surface area contributed by atoms with Gasteiger partial charge in [0.15, 0.2) is 0 Å². The highest BCUT2D eigenvalue weighted by Gasteiger charge is 2.20. The summed E-state index contributed by atoms with van der Waals surface area (Å²) in [6, 6.07) is 5.31. The van der Waals surface area contributed by atoms with Crippen molar-refractivity contribution in [1.29, 1.82) is 0 Å². The molecule has 26 heavy (non-hydrogen) atoms. The Kier molecular flexibility index (Phi) is 5.70. The summed E-state index contributed by atoms with van der Waals surface area (Å²) in [7, 11) is 0. The molecule has 1 aromatic heterocycles. The molecule has 0 radical (unpaired) electrons. The largest absolute Gasteiger partial charge is 0.339 e. The predicted octanol–water partition coefficient (Wildman–Crippen LogP) is 1.62. The topological polar surface area (TPSA) is 92.1 Å². The van der Waals surface area contributed by atoms with Crippen LogP contribution in [0.3, 0.4) is 0 Å². The molecule has 8 heteroatoms. The summed E-state index contributed by atoms with van der Waals surface area (Å²) in [4.78, 5) is 26.0. The standard InChI is InChI=1S/C18H26N6O2/c1-13(2)12-20-18(26)19-7-10-24-16-6-5-14(11-15(16)21-22-24)17(25)23-8-3-4-9-23/h5-6,11,13H,3-4,7-10,12H2,1-2H3,(H2,19,20,26). The van der Waals surface area contributed by atoms with Crippen molar-refractivity contribution in [1.82, 2.24) is 30.5 Å². The Morgan fingerprint density at radius 3 is 2.69 bits per heavy atom. The second kappa shape index (κ2) is 8.16. The van der Waals surface area contributed by atoms with Crippen LogP contribution in [0.25, 0.3) is 11.0 Å². The van der Waals surface area contributed by atoms with E-state index in [-0.39, 0.29) is 11.9 Å². The number of hydrogen-bond donors (Lipinski definition) is 2. The Morgan fingerprint density at radius 1 is 1.19 bits per heavy atom. The fourth-order valence-electron chi connectivity index (χ4n) is 3.01. The number of fused-ring (bicyclic) bond motifs is 1. The minimum atomic E-state index is -0.179. The monoisotopic (exact) mass is 358 g/mol. The van der Waals surface area contributed by atoms with Gasteiger partial charge in [0.25, 0.3) is 5.91 Å². The summed E-state index contributed by atoms with van der Waals surface area (Å²) in [6.45, 7) is 7.37. The van der Waals surface area contributed by atoms with E-state index in [1.54, 1.807) is 10.7 Å². The molecule has 2 aromatic rings. The van der Waals surface area contributed by atoms with Crippen LogP contribution < -0.4 is 10.6 Å². The lowest BCUT2D eigenvalue weighted by Crippen LogP contribution is -2.38. The molecule has 1 aliphatic heterocycles. The van der Waals surface area contributed by atoms with Gasteiger partial charge in [-0.1, -0.05) is 19.1 Å². The first-order valence-corrected chi connectivity index (χ1v) is 9.19. The van der Waals surface area contributed by atoms with Gasteiger partial charge in [-0.15, -0.1) is 5.10 Å². The predicted molar refractivity (Wildman–Crippen MR) is 98.9 cm³/mol. The number of likely N-dealkylation sites (tertiary alicyclic amines) is 1. The molecule has 2 heterocycles. The van der Waals surface area contributed by atoms with Gasteiger partial charge in [0.05, 0.1) is 12.1 Å². The molecule has 8 nitrogen and oxygen atoms in total. The van der Waals surface area contributed by atoms with Crippen LogP contribution in [0, 0.1) is 5.92 Å². The Hall–Kier alpha value is -2.64. The molecule has 0 saturated carbocycles. The second-order valence-corrected chi connectivity index (χ2v) is 7.05. The molecule has 0 spiro atoms. The third kappa shape index (κ3) is 4.30. The van der Waals surface area contributed by atoms with E-state index in [0.29, 0.717) is 36.6 Å². The van der Waals surface area contributed by atoms with Crippen molar-refractivity contribution in [2.24, 2.45) is 5.92 Å². The number of urea groups is 1. The highest BCUT2D eigenvalue weighted by atomic mass is 16.2. The van der Waals surface area contributed by atoms with Crippen LogP contribution in [0.1, 0.15) is 37.0 Å². The fraction of sp³-hybridized carbons (Fsp3) is 0.556. The molecular weight excluding hydrogens is 332 g/mol. The van der Waals surface area contributed by atoms with Gasteiger partial charge in [0.2, 0.25) is 0 Å². The number of carbonyl (C=O) groups excluding carboxylic acids is 2. The SMILES string of the molecule is CC(C)CNC(=O)NCCn1nnc2cc(C(=O)N3CCCC3)ccc21. The lowest BCUT2D eigenvalue weighted by molar-refractivity contribution is 0.0793. The van der Waals surface area contributed by atoms with E-state index < -0.39 is 0 Å². The van der Waals surface area contributed by atoms with Crippen LogP contribution in [-0.4, -0.2) is 58.0 Å². The number of carbonyl (C=O) groups is 2. The summed E-state index contributed by atoms with van der Waals surface area (Å²) < 4.78 is 1.74. The summed E-state index contributed by atoms with van der Waals surface area (Å²) >= 11 is 0. The van der Waals surface area contributed by atoms with Crippen LogP contribution >= 0.6 is 0 Å². The lowest BCUT2D eigenvalue weighted by atomic mass is 10.1. The second-order valence-electron chi connectivity index (χ2n) is 7.05. The van der Waals surface area contributed by atoms with Gasteiger partial charge in [-0.2, -0.15) is 0 Å². The Morgan fingerprint density at radius 2 is 1.96 bits per heavy atom. The maximum Gasteiger partial charge on any atom is 0.314 e. The van der Waals surface area contributed by atoms with Crippen LogP contribution in [0.5, 0.6) is 0 Å². The summed E-state index contributed by atoms with van der Waals surface area (Å²) in [5.74, 6) is 0.472. The number of amides is 3. The van der Waals surface area contributed by atoms with E-state index in [1.165, 1.54) is 0 Å². The first kappa shape index (κ1) is 18.2. The van der Waals surface area contributed by atoms with Crippen molar-refractivity contribution in [2.45, 2.75) is 33.2 Å². The average molecular weight is 358 g/mol. The molecule has 1 fully saturated rings. The van der Waals surface area contributed by atoms with Crippen molar-refractivity contribution < 1.29 is 9.59 Å². The summed E-state index contributed by atoms with van der Waals surface area (Å²) in [5, 5.41) is 13.9. The molecule has 0 unspecified atom stereocenters. The molecule has 0 atom stereocenters. The number of nitrogens with zero attached hydrogens (tertiary/aromatic N) is 4. The molecule has 140 valence electrons. The zero-order chi connectivity index (χ0) is 18.5. The van der Waals surface area contributed by atoms with Gasteiger partial charge in [-0.05, 0) is 37.0 Å². The van der Waals surface area contributed by atoms with Gasteiger partial charge in [0.1, 0.15) is 5.52 Å². The van der Waals surface area contributed by atoms with E-state index in [0.717, 1.165) is 31.4 Å². The zero-order valence-electron chi connectivity index (χ0n) is 15.4. The normalized spacial score (nSPS) is 14.2. The Labute approximate surface area is 152 Å². The first-order chi connectivity index (χ1) is 12.5. The highest BCUT2D eigenvalue weighted by molar-refractivity contribution is 5.97. The summed E-state index contributed by atoms with van der Waals surface area (Å²) in [5.41, 5.74) is 2.20. The van der Waals surface area contributed by atoms with E-state index in [9.17, 15) is 9.59 Å². The van der Waals surface area contributed by atoms with Crippen molar-refractivity contribution in [2.75, 3.05) is 26.2 Å². The number of nitrogens with one attached hydrogen (secondary N) is 2. The molecule has 0 bridgehead atoms. The fourth-order valence-corrected chi connectivity index (χ4v) is 3.01. The van der Waals surface area contributed by atoms with E-state index >= 15 is 0 Å².